The van der Waals surface area contributed by atoms with Crippen molar-refractivity contribution in [2.45, 2.75) is 6.36 Å². The van der Waals surface area contributed by atoms with Crippen molar-refractivity contribution in [3.63, 3.8) is 0 Å². The number of nitrogen functional groups attached to an aromatic ring is 1. The number of halogens is 3. The van der Waals surface area contributed by atoms with Gasteiger partial charge in [0.2, 0.25) is 0 Å². The molecule has 0 radical (unpaired) electrons. The first-order chi connectivity index (χ1) is 10.4. The Hall–Kier alpha value is -2.69. The van der Waals surface area contributed by atoms with Crippen LogP contribution in [-0.4, -0.2) is 6.36 Å². The molecule has 0 amide bonds. The second kappa shape index (κ2) is 5.26. The van der Waals surface area contributed by atoms with E-state index in [0.29, 0.717) is 5.69 Å². The van der Waals surface area contributed by atoms with E-state index in [9.17, 15) is 13.2 Å². The van der Waals surface area contributed by atoms with E-state index >= 15 is 0 Å². The summed E-state index contributed by atoms with van der Waals surface area (Å²) in [7, 11) is 0. The van der Waals surface area contributed by atoms with Gasteiger partial charge in [-0.05, 0) is 52.2 Å². The van der Waals surface area contributed by atoms with Gasteiger partial charge in [0.15, 0.2) is 0 Å². The lowest BCUT2D eigenvalue weighted by atomic mass is 10.0. The van der Waals surface area contributed by atoms with Gasteiger partial charge in [-0.25, -0.2) is 0 Å². The number of benzene rings is 3. The molecule has 0 aliphatic carbocycles. The molecular formula is C17H12F3NO. The summed E-state index contributed by atoms with van der Waals surface area (Å²) in [6, 6.07) is 17.2. The van der Waals surface area contributed by atoms with Crippen molar-refractivity contribution in [2.24, 2.45) is 0 Å². The third kappa shape index (κ3) is 3.14. The van der Waals surface area contributed by atoms with Crippen LogP contribution in [0.3, 0.4) is 0 Å². The topological polar surface area (TPSA) is 35.2 Å². The molecular weight excluding hydrogens is 291 g/mol. The fourth-order valence-corrected chi connectivity index (χ4v) is 2.29. The van der Waals surface area contributed by atoms with E-state index in [4.69, 9.17) is 5.73 Å². The summed E-state index contributed by atoms with van der Waals surface area (Å²) < 4.78 is 40.3. The molecule has 0 saturated carbocycles. The van der Waals surface area contributed by atoms with E-state index in [1.807, 2.05) is 36.4 Å². The van der Waals surface area contributed by atoms with Gasteiger partial charge in [0, 0.05) is 5.69 Å². The van der Waals surface area contributed by atoms with Gasteiger partial charge in [-0.15, -0.1) is 13.2 Å². The van der Waals surface area contributed by atoms with Gasteiger partial charge >= 0.3 is 6.36 Å². The third-order valence-corrected chi connectivity index (χ3v) is 3.29. The standard InChI is InChI=1S/C17H12F3NO/c18-17(19,20)22-16-7-4-11(5-8-16)12-1-2-14-10-15(21)6-3-13(14)9-12/h1-10H,21H2. The van der Waals surface area contributed by atoms with Gasteiger partial charge in [-0.2, -0.15) is 0 Å². The second-order valence-electron chi connectivity index (χ2n) is 4.89. The van der Waals surface area contributed by atoms with E-state index in [1.165, 1.54) is 12.1 Å². The molecule has 0 saturated heterocycles. The average Bonchev–Trinajstić information content (AvgIpc) is 2.46. The van der Waals surface area contributed by atoms with E-state index in [1.54, 1.807) is 12.1 Å². The minimum atomic E-state index is -4.68. The molecule has 0 atom stereocenters. The Kier molecular flexibility index (Phi) is 3.41. The lowest BCUT2D eigenvalue weighted by Gasteiger charge is -2.10. The normalized spacial score (nSPS) is 11.6. The quantitative estimate of drug-likeness (QED) is 0.677. The molecule has 22 heavy (non-hydrogen) atoms. The molecule has 2 N–H and O–H groups in total. The summed E-state index contributed by atoms with van der Waals surface area (Å²) >= 11 is 0. The fourth-order valence-electron chi connectivity index (χ4n) is 2.29. The Balaban J connectivity index is 1.92. The van der Waals surface area contributed by atoms with Crippen LogP contribution in [0.15, 0.2) is 60.7 Å². The first kappa shape index (κ1) is 14.3. The summed E-state index contributed by atoms with van der Waals surface area (Å²) in [4.78, 5) is 0. The second-order valence-corrected chi connectivity index (χ2v) is 4.89. The maximum Gasteiger partial charge on any atom is 0.573 e. The average molecular weight is 303 g/mol. The van der Waals surface area contributed by atoms with E-state index in [2.05, 4.69) is 4.74 Å². The van der Waals surface area contributed by atoms with Crippen LogP contribution in [0.4, 0.5) is 18.9 Å². The van der Waals surface area contributed by atoms with Crippen molar-refractivity contribution in [2.75, 3.05) is 5.73 Å². The van der Waals surface area contributed by atoms with E-state index in [0.717, 1.165) is 21.9 Å². The summed E-state index contributed by atoms with van der Waals surface area (Å²) in [5.41, 5.74) is 8.15. The number of hydrogen-bond acceptors (Lipinski definition) is 2. The van der Waals surface area contributed by atoms with Gasteiger partial charge < -0.3 is 10.5 Å². The Labute approximate surface area is 124 Å². The number of ether oxygens (including phenoxy) is 1. The molecule has 2 nitrogen and oxygen atoms in total. The molecule has 3 aromatic carbocycles. The van der Waals surface area contributed by atoms with Gasteiger partial charge in [-0.3, -0.25) is 0 Å². The zero-order valence-electron chi connectivity index (χ0n) is 11.4. The van der Waals surface area contributed by atoms with Crippen molar-refractivity contribution >= 4 is 16.5 Å². The van der Waals surface area contributed by atoms with Crippen LogP contribution >= 0.6 is 0 Å². The van der Waals surface area contributed by atoms with Crippen LogP contribution in [0, 0.1) is 0 Å². The Morgan fingerprint density at radius 3 is 2.00 bits per heavy atom. The molecule has 0 aliphatic heterocycles. The minimum Gasteiger partial charge on any atom is -0.406 e. The minimum absolute atomic E-state index is 0.232. The maximum absolute atomic E-state index is 12.1. The van der Waals surface area contributed by atoms with E-state index in [-0.39, 0.29) is 5.75 Å². The molecule has 3 aromatic rings. The van der Waals surface area contributed by atoms with Crippen LogP contribution < -0.4 is 10.5 Å². The first-order valence-corrected chi connectivity index (χ1v) is 6.56. The molecule has 5 heteroatoms. The Morgan fingerprint density at radius 1 is 0.727 bits per heavy atom. The van der Waals surface area contributed by atoms with Crippen LogP contribution in [0.2, 0.25) is 0 Å². The molecule has 0 spiro atoms. The summed E-state index contributed by atoms with van der Waals surface area (Å²) in [5.74, 6) is -0.232. The molecule has 0 unspecified atom stereocenters. The van der Waals surface area contributed by atoms with Crippen molar-refractivity contribution in [3.8, 4) is 16.9 Å². The first-order valence-electron chi connectivity index (χ1n) is 6.56. The number of anilines is 1. The largest absolute Gasteiger partial charge is 0.573 e. The monoisotopic (exact) mass is 303 g/mol. The molecule has 3 rings (SSSR count). The SMILES string of the molecule is Nc1ccc2cc(-c3ccc(OC(F)(F)F)cc3)ccc2c1. The molecule has 0 bridgehead atoms. The predicted molar refractivity (Wildman–Crippen MR) is 80.5 cm³/mol. The van der Waals surface area contributed by atoms with Gasteiger partial charge in [0.05, 0.1) is 0 Å². The molecule has 0 fully saturated rings. The van der Waals surface area contributed by atoms with Crippen LogP contribution in [0.5, 0.6) is 5.75 Å². The lowest BCUT2D eigenvalue weighted by Crippen LogP contribution is -2.16. The molecule has 112 valence electrons. The summed E-state index contributed by atoms with van der Waals surface area (Å²) in [5, 5.41) is 2.03. The zero-order chi connectivity index (χ0) is 15.7. The van der Waals surface area contributed by atoms with Gasteiger partial charge in [0.1, 0.15) is 5.75 Å². The van der Waals surface area contributed by atoms with E-state index < -0.39 is 6.36 Å². The van der Waals surface area contributed by atoms with Gasteiger partial charge in [0.25, 0.3) is 0 Å². The number of hydrogen-bond donors (Lipinski definition) is 1. The fraction of sp³-hybridized carbons (Fsp3) is 0.0588. The summed E-state index contributed by atoms with van der Waals surface area (Å²) in [6.07, 6.45) is -4.68. The Morgan fingerprint density at radius 2 is 1.32 bits per heavy atom. The maximum atomic E-state index is 12.1. The summed E-state index contributed by atoms with van der Waals surface area (Å²) in [6.45, 7) is 0. The van der Waals surface area contributed by atoms with Crippen molar-refractivity contribution in [1.29, 1.82) is 0 Å². The zero-order valence-corrected chi connectivity index (χ0v) is 11.4. The van der Waals surface area contributed by atoms with Crippen LogP contribution in [0.25, 0.3) is 21.9 Å². The molecule has 0 aliphatic rings. The van der Waals surface area contributed by atoms with Crippen LogP contribution in [-0.2, 0) is 0 Å². The molecule has 0 aromatic heterocycles. The number of nitrogens with two attached hydrogens (primary N) is 1. The van der Waals surface area contributed by atoms with Gasteiger partial charge in [-0.1, -0.05) is 30.3 Å². The predicted octanol–water partition coefficient (Wildman–Crippen LogP) is 4.99. The van der Waals surface area contributed by atoms with Crippen molar-refractivity contribution in [3.05, 3.63) is 60.7 Å². The number of alkyl halides is 3. The van der Waals surface area contributed by atoms with Crippen molar-refractivity contribution in [1.82, 2.24) is 0 Å². The lowest BCUT2D eigenvalue weighted by molar-refractivity contribution is -0.274. The highest BCUT2D eigenvalue weighted by Crippen LogP contribution is 2.29. The highest BCUT2D eigenvalue weighted by molar-refractivity contribution is 5.89. The third-order valence-electron chi connectivity index (χ3n) is 3.29. The number of fused-ring (bicyclic) bond motifs is 1. The highest BCUT2D eigenvalue weighted by Gasteiger charge is 2.30. The molecule has 0 heterocycles. The smallest absolute Gasteiger partial charge is 0.406 e. The highest BCUT2D eigenvalue weighted by atomic mass is 19.4. The van der Waals surface area contributed by atoms with Crippen molar-refractivity contribution < 1.29 is 17.9 Å². The number of rotatable bonds is 2. The van der Waals surface area contributed by atoms with Crippen LogP contribution in [0.1, 0.15) is 0 Å². The Bertz CT molecular complexity index is 810.